The number of benzene rings is 3. The van der Waals surface area contributed by atoms with Crippen molar-refractivity contribution in [2.45, 2.75) is 6.92 Å². The van der Waals surface area contributed by atoms with Crippen molar-refractivity contribution in [3.8, 4) is 17.2 Å². The molecule has 1 heterocycles. The highest BCUT2D eigenvalue weighted by molar-refractivity contribution is 5.83. The van der Waals surface area contributed by atoms with E-state index in [0.717, 1.165) is 22.3 Å². The first-order valence-electron chi connectivity index (χ1n) is 7.99. The third kappa shape index (κ3) is 3.15. The molecule has 0 aliphatic rings. The highest BCUT2D eigenvalue weighted by Crippen LogP contribution is 2.34. The Morgan fingerprint density at radius 3 is 2.68 bits per heavy atom. The van der Waals surface area contributed by atoms with Crippen LogP contribution in [0.3, 0.4) is 0 Å². The van der Waals surface area contributed by atoms with Gasteiger partial charge in [0.2, 0.25) is 5.89 Å². The molecule has 122 valence electrons. The summed E-state index contributed by atoms with van der Waals surface area (Å²) >= 11 is 0. The van der Waals surface area contributed by atoms with Gasteiger partial charge in [-0.15, -0.1) is 0 Å². The van der Waals surface area contributed by atoms with Crippen LogP contribution in [-0.2, 0) is 0 Å². The van der Waals surface area contributed by atoms with Crippen LogP contribution >= 0.6 is 0 Å². The molecule has 0 aliphatic heterocycles. The van der Waals surface area contributed by atoms with E-state index in [1.807, 2.05) is 55.5 Å². The van der Waals surface area contributed by atoms with Gasteiger partial charge in [-0.1, -0.05) is 36.4 Å². The molecule has 3 aromatic carbocycles. The van der Waals surface area contributed by atoms with Crippen molar-refractivity contribution in [3.05, 3.63) is 77.9 Å². The summed E-state index contributed by atoms with van der Waals surface area (Å²) in [6, 6.07) is 20.8. The Morgan fingerprint density at radius 1 is 1.00 bits per heavy atom. The van der Waals surface area contributed by atoms with Crippen molar-refractivity contribution in [2.75, 3.05) is 0 Å². The van der Waals surface area contributed by atoms with Gasteiger partial charge in [0.05, 0.1) is 11.3 Å². The Morgan fingerprint density at radius 2 is 1.84 bits per heavy atom. The second kappa shape index (κ2) is 6.24. The molecule has 0 spiro atoms. The van der Waals surface area contributed by atoms with Crippen LogP contribution < -0.4 is 0 Å². The van der Waals surface area contributed by atoms with Crippen molar-refractivity contribution in [2.24, 2.45) is 4.99 Å². The number of aliphatic imine (C=N–C) groups is 1. The normalized spacial score (nSPS) is 11.4. The molecule has 0 unspecified atom stereocenters. The van der Waals surface area contributed by atoms with Crippen LogP contribution in [0.4, 0.5) is 5.69 Å². The quantitative estimate of drug-likeness (QED) is 0.522. The number of hydrogen-bond donors (Lipinski definition) is 1. The first kappa shape index (κ1) is 15.1. The molecule has 0 bridgehead atoms. The van der Waals surface area contributed by atoms with Crippen LogP contribution in [0, 0.1) is 6.92 Å². The SMILES string of the molecule is Cc1ccc2oc(-c3cc(N=Cc4ccccc4)ccc3O)nc2c1. The molecule has 0 fully saturated rings. The Kier molecular flexibility index (Phi) is 3.78. The largest absolute Gasteiger partial charge is 0.507 e. The molecule has 4 aromatic rings. The molecule has 0 saturated heterocycles. The highest BCUT2D eigenvalue weighted by atomic mass is 16.3. The van der Waals surface area contributed by atoms with Gasteiger partial charge in [0.1, 0.15) is 11.3 Å². The van der Waals surface area contributed by atoms with Gasteiger partial charge in [0, 0.05) is 6.21 Å². The van der Waals surface area contributed by atoms with Crippen LogP contribution in [0.5, 0.6) is 5.75 Å². The molecule has 4 nitrogen and oxygen atoms in total. The van der Waals surface area contributed by atoms with Crippen molar-refractivity contribution in [1.82, 2.24) is 4.98 Å². The van der Waals surface area contributed by atoms with E-state index in [0.29, 0.717) is 17.0 Å². The lowest BCUT2D eigenvalue weighted by molar-refractivity contribution is 0.474. The summed E-state index contributed by atoms with van der Waals surface area (Å²) in [5.74, 6) is 0.497. The number of phenolic OH excluding ortho intramolecular Hbond substituents is 1. The van der Waals surface area contributed by atoms with Gasteiger partial charge in [-0.05, 0) is 48.4 Å². The van der Waals surface area contributed by atoms with E-state index in [1.54, 1.807) is 24.4 Å². The Hall–Kier alpha value is -3.40. The second-order valence-corrected chi connectivity index (χ2v) is 5.86. The summed E-state index contributed by atoms with van der Waals surface area (Å²) in [4.78, 5) is 8.95. The van der Waals surface area contributed by atoms with E-state index in [9.17, 15) is 5.11 Å². The first-order valence-corrected chi connectivity index (χ1v) is 7.99. The number of nitrogens with zero attached hydrogens (tertiary/aromatic N) is 2. The average Bonchev–Trinajstić information content (AvgIpc) is 3.04. The minimum Gasteiger partial charge on any atom is -0.507 e. The zero-order valence-electron chi connectivity index (χ0n) is 13.7. The van der Waals surface area contributed by atoms with Crippen LogP contribution in [0.25, 0.3) is 22.6 Å². The summed E-state index contributed by atoms with van der Waals surface area (Å²) in [5, 5.41) is 10.2. The number of rotatable bonds is 3. The monoisotopic (exact) mass is 328 g/mol. The third-order valence-electron chi connectivity index (χ3n) is 3.92. The van der Waals surface area contributed by atoms with Gasteiger partial charge in [-0.2, -0.15) is 0 Å². The van der Waals surface area contributed by atoms with E-state index < -0.39 is 0 Å². The molecular weight excluding hydrogens is 312 g/mol. The van der Waals surface area contributed by atoms with Crippen LogP contribution in [0.2, 0.25) is 0 Å². The minimum absolute atomic E-state index is 0.113. The molecule has 0 atom stereocenters. The molecule has 4 rings (SSSR count). The topological polar surface area (TPSA) is 58.6 Å². The Bertz CT molecular complexity index is 1070. The lowest BCUT2D eigenvalue weighted by atomic mass is 10.1. The summed E-state index contributed by atoms with van der Waals surface area (Å²) in [6.45, 7) is 2.00. The highest BCUT2D eigenvalue weighted by Gasteiger charge is 2.13. The molecular formula is C21H16N2O2. The van der Waals surface area contributed by atoms with E-state index >= 15 is 0 Å². The van der Waals surface area contributed by atoms with Gasteiger partial charge in [0.25, 0.3) is 0 Å². The second-order valence-electron chi connectivity index (χ2n) is 5.86. The van der Waals surface area contributed by atoms with E-state index in [4.69, 9.17) is 4.42 Å². The number of oxazole rings is 1. The number of aromatic hydroxyl groups is 1. The number of phenols is 1. The first-order chi connectivity index (χ1) is 12.2. The molecule has 0 aliphatic carbocycles. The van der Waals surface area contributed by atoms with Gasteiger partial charge < -0.3 is 9.52 Å². The predicted octanol–water partition coefficient (Wildman–Crippen LogP) is 5.26. The molecule has 1 N–H and O–H groups in total. The predicted molar refractivity (Wildman–Crippen MR) is 99.5 cm³/mol. The summed E-state index contributed by atoms with van der Waals surface area (Å²) in [7, 11) is 0. The van der Waals surface area contributed by atoms with Crippen molar-refractivity contribution >= 4 is 23.0 Å². The maximum Gasteiger partial charge on any atom is 0.231 e. The lowest BCUT2D eigenvalue weighted by Gasteiger charge is -2.01. The number of fused-ring (bicyclic) bond motifs is 1. The van der Waals surface area contributed by atoms with E-state index in [1.165, 1.54) is 0 Å². The Balaban J connectivity index is 1.72. The van der Waals surface area contributed by atoms with Crippen molar-refractivity contribution in [1.29, 1.82) is 0 Å². The zero-order valence-corrected chi connectivity index (χ0v) is 13.7. The standard InChI is InChI=1S/C21H16N2O2/c1-14-7-10-20-18(11-14)23-21(25-20)17-12-16(8-9-19(17)24)22-13-15-5-3-2-4-6-15/h2-13,24H,1H3. The van der Waals surface area contributed by atoms with E-state index in [2.05, 4.69) is 9.98 Å². The lowest BCUT2D eigenvalue weighted by Crippen LogP contribution is -1.81. The maximum atomic E-state index is 10.2. The maximum absolute atomic E-state index is 10.2. The Labute approximate surface area is 145 Å². The summed E-state index contributed by atoms with van der Waals surface area (Å²) < 4.78 is 5.78. The van der Waals surface area contributed by atoms with Gasteiger partial charge >= 0.3 is 0 Å². The fraction of sp³-hybridized carbons (Fsp3) is 0.0476. The van der Waals surface area contributed by atoms with Crippen LogP contribution in [0.15, 0.2) is 76.1 Å². The molecule has 0 radical (unpaired) electrons. The fourth-order valence-corrected chi connectivity index (χ4v) is 2.62. The van der Waals surface area contributed by atoms with Crippen LogP contribution in [-0.4, -0.2) is 16.3 Å². The number of aryl methyl sites for hydroxylation is 1. The van der Waals surface area contributed by atoms with Gasteiger partial charge in [0.15, 0.2) is 5.58 Å². The smallest absolute Gasteiger partial charge is 0.231 e. The zero-order chi connectivity index (χ0) is 17.2. The molecule has 0 amide bonds. The minimum atomic E-state index is 0.113. The molecule has 4 heteroatoms. The van der Waals surface area contributed by atoms with Gasteiger partial charge in [-0.3, -0.25) is 4.99 Å². The number of aromatic nitrogens is 1. The number of hydrogen-bond acceptors (Lipinski definition) is 4. The summed E-state index contributed by atoms with van der Waals surface area (Å²) in [6.07, 6.45) is 1.78. The van der Waals surface area contributed by atoms with Crippen molar-refractivity contribution < 1.29 is 9.52 Å². The molecule has 0 saturated carbocycles. The van der Waals surface area contributed by atoms with E-state index in [-0.39, 0.29) is 5.75 Å². The molecule has 1 aromatic heterocycles. The van der Waals surface area contributed by atoms with Gasteiger partial charge in [-0.25, -0.2) is 4.98 Å². The molecule has 25 heavy (non-hydrogen) atoms. The average molecular weight is 328 g/mol. The van der Waals surface area contributed by atoms with Crippen LogP contribution in [0.1, 0.15) is 11.1 Å². The van der Waals surface area contributed by atoms with Crippen molar-refractivity contribution in [3.63, 3.8) is 0 Å². The third-order valence-corrected chi connectivity index (χ3v) is 3.92. The fourth-order valence-electron chi connectivity index (χ4n) is 2.62. The summed E-state index contributed by atoms with van der Waals surface area (Å²) in [5.41, 5.74) is 4.82.